The molecule has 0 bridgehead atoms. The van der Waals surface area contributed by atoms with Crippen molar-refractivity contribution >= 4 is 29.2 Å². The fourth-order valence-electron chi connectivity index (χ4n) is 3.09. The molecule has 0 spiro atoms. The summed E-state index contributed by atoms with van der Waals surface area (Å²) in [6.45, 7) is 1.56. The smallest absolute Gasteiger partial charge is 0.311 e. The van der Waals surface area contributed by atoms with E-state index in [9.17, 15) is 18.8 Å². The number of halogens is 1. The molecule has 1 heterocycles. The highest BCUT2D eigenvalue weighted by atomic mass is 19.1. The van der Waals surface area contributed by atoms with Gasteiger partial charge in [-0.25, -0.2) is 4.39 Å². The highest BCUT2D eigenvalue weighted by Gasteiger charge is 2.37. The average molecular weight is 400 g/mol. The minimum atomic E-state index is -0.675. The van der Waals surface area contributed by atoms with Crippen molar-refractivity contribution in [2.45, 2.75) is 13.3 Å². The van der Waals surface area contributed by atoms with Crippen LogP contribution in [0.4, 0.5) is 15.8 Å². The van der Waals surface area contributed by atoms with Crippen molar-refractivity contribution in [1.29, 1.82) is 0 Å². The maximum Gasteiger partial charge on any atom is 0.311 e. The molecule has 1 aliphatic heterocycles. The van der Waals surface area contributed by atoms with Gasteiger partial charge in [-0.15, -0.1) is 0 Å². The van der Waals surface area contributed by atoms with Crippen LogP contribution in [0.3, 0.4) is 0 Å². The number of anilines is 2. The van der Waals surface area contributed by atoms with Crippen LogP contribution in [0.5, 0.6) is 5.75 Å². The molecule has 0 aromatic heterocycles. The number of carbonyl (C=O) groups is 3. The molecule has 8 heteroatoms. The molecule has 1 atom stereocenters. The van der Waals surface area contributed by atoms with Crippen molar-refractivity contribution < 1.29 is 28.2 Å². The summed E-state index contributed by atoms with van der Waals surface area (Å²) < 4.78 is 23.3. The third kappa shape index (κ3) is 4.90. The molecule has 1 N–H and O–H groups in total. The largest absolute Gasteiger partial charge is 0.495 e. The first-order valence-corrected chi connectivity index (χ1v) is 9.04. The molecule has 1 saturated heterocycles. The predicted octanol–water partition coefficient (Wildman–Crippen LogP) is 2.68. The van der Waals surface area contributed by atoms with Gasteiger partial charge in [0.05, 0.1) is 18.7 Å². The zero-order valence-electron chi connectivity index (χ0n) is 16.1. The number of esters is 1. The second-order valence-corrected chi connectivity index (χ2v) is 6.74. The van der Waals surface area contributed by atoms with Gasteiger partial charge in [0.1, 0.15) is 11.6 Å². The Bertz CT molecular complexity index is 929. The van der Waals surface area contributed by atoms with Crippen LogP contribution < -0.4 is 15.0 Å². The Morgan fingerprint density at radius 2 is 1.93 bits per heavy atom. The van der Waals surface area contributed by atoms with Gasteiger partial charge in [-0.05, 0) is 48.9 Å². The van der Waals surface area contributed by atoms with Crippen LogP contribution in [0, 0.1) is 18.7 Å². The number of rotatable bonds is 6. The summed E-state index contributed by atoms with van der Waals surface area (Å²) in [5, 5.41) is 2.50. The first-order valence-electron chi connectivity index (χ1n) is 9.04. The summed E-state index contributed by atoms with van der Waals surface area (Å²) in [5.74, 6) is -1.95. The monoisotopic (exact) mass is 400 g/mol. The summed E-state index contributed by atoms with van der Waals surface area (Å²) in [5.41, 5.74) is 1.94. The van der Waals surface area contributed by atoms with Gasteiger partial charge in [0.25, 0.3) is 5.91 Å². The topological polar surface area (TPSA) is 84.9 Å². The maximum atomic E-state index is 12.9. The van der Waals surface area contributed by atoms with E-state index >= 15 is 0 Å². The van der Waals surface area contributed by atoms with E-state index in [1.807, 2.05) is 19.1 Å². The average Bonchev–Trinajstić information content (AvgIpc) is 3.09. The Labute approximate surface area is 167 Å². The van der Waals surface area contributed by atoms with E-state index in [4.69, 9.17) is 9.47 Å². The number of ether oxygens (including phenoxy) is 2. The normalized spacial score (nSPS) is 15.9. The van der Waals surface area contributed by atoms with E-state index in [1.54, 1.807) is 6.07 Å². The van der Waals surface area contributed by atoms with Crippen molar-refractivity contribution in [3.8, 4) is 5.75 Å². The van der Waals surface area contributed by atoms with Crippen LogP contribution in [-0.4, -0.2) is 38.0 Å². The number of aryl methyl sites for hydroxylation is 1. The molecular formula is C21H21FN2O5. The molecule has 3 rings (SSSR count). The van der Waals surface area contributed by atoms with Crippen LogP contribution in [0.25, 0.3) is 0 Å². The Morgan fingerprint density at radius 3 is 2.62 bits per heavy atom. The summed E-state index contributed by atoms with van der Waals surface area (Å²) in [6, 6.07) is 10.7. The number of hydrogen-bond acceptors (Lipinski definition) is 5. The number of amides is 2. The lowest BCUT2D eigenvalue weighted by molar-refractivity contribution is -0.151. The van der Waals surface area contributed by atoms with Crippen molar-refractivity contribution in [1.82, 2.24) is 0 Å². The molecule has 0 aliphatic carbocycles. The van der Waals surface area contributed by atoms with E-state index in [-0.39, 0.29) is 18.9 Å². The van der Waals surface area contributed by atoms with Crippen molar-refractivity contribution in [3.05, 3.63) is 53.8 Å². The summed E-state index contributed by atoms with van der Waals surface area (Å²) in [6.07, 6.45) is -0.00445. The molecule has 0 saturated carbocycles. The lowest BCUT2D eigenvalue weighted by Crippen LogP contribution is -2.28. The van der Waals surface area contributed by atoms with E-state index in [1.165, 1.54) is 36.3 Å². The number of methoxy groups -OCH3 is 1. The number of benzene rings is 2. The second kappa shape index (κ2) is 8.72. The Balaban J connectivity index is 1.57. The third-order valence-corrected chi connectivity index (χ3v) is 4.56. The van der Waals surface area contributed by atoms with Crippen LogP contribution in [0.15, 0.2) is 42.5 Å². The van der Waals surface area contributed by atoms with Crippen molar-refractivity contribution in [2.24, 2.45) is 5.92 Å². The SMILES string of the molecule is COc1ccc(C)cc1N1C[C@@H](C(=O)OCC(=O)Nc2ccc(F)cc2)CC1=O. The fraction of sp³-hybridized carbons (Fsp3) is 0.286. The zero-order chi connectivity index (χ0) is 21.0. The maximum absolute atomic E-state index is 12.9. The van der Waals surface area contributed by atoms with Gasteiger partial charge in [-0.1, -0.05) is 6.07 Å². The van der Waals surface area contributed by atoms with Gasteiger partial charge in [0, 0.05) is 18.7 Å². The lowest BCUT2D eigenvalue weighted by atomic mass is 10.1. The van der Waals surface area contributed by atoms with Crippen LogP contribution in [0.2, 0.25) is 0 Å². The van der Waals surface area contributed by atoms with Crippen LogP contribution in [0.1, 0.15) is 12.0 Å². The predicted molar refractivity (Wildman–Crippen MR) is 104 cm³/mol. The first kappa shape index (κ1) is 20.3. The van der Waals surface area contributed by atoms with Gasteiger partial charge in [0.2, 0.25) is 5.91 Å². The number of hydrogen-bond donors (Lipinski definition) is 1. The van der Waals surface area contributed by atoms with Crippen molar-refractivity contribution in [3.63, 3.8) is 0 Å². The molecule has 152 valence electrons. The van der Waals surface area contributed by atoms with Gasteiger partial charge in [0.15, 0.2) is 6.61 Å². The van der Waals surface area contributed by atoms with E-state index in [0.717, 1.165) is 5.56 Å². The highest BCUT2D eigenvalue weighted by molar-refractivity contribution is 6.01. The summed E-state index contributed by atoms with van der Waals surface area (Å²) in [4.78, 5) is 38.2. The van der Waals surface area contributed by atoms with Gasteiger partial charge in [-0.3, -0.25) is 14.4 Å². The Hall–Kier alpha value is -3.42. The number of carbonyl (C=O) groups excluding carboxylic acids is 3. The van der Waals surface area contributed by atoms with E-state index < -0.39 is 30.2 Å². The Morgan fingerprint density at radius 1 is 1.21 bits per heavy atom. The number of nitrogens with zero attached hydrogens (tertiary/aromatic N) is 1. The molecule has 2 amide bonds. The fourth-order valence-corrected chi connectivity index (χ4v) is 3.09. The molecular weight excluding hydrogens is 379 g/mol. The lowest BCUT2D eigenvalue weighted by Gasteiger charge is -2.20. The second-order valence-electron chi connectivity index (χ2n) is 6.74. The molecule has 7 nitrogen and oxygen atoms in total. The Kier molecular flexibility index (Phi) is 6.11. The highest BCUT2D eigenvalue weighted by Crippen LogP contribution is 2.34. The van der Waals surface area contributed by atoms with Crippen molar-refractivity contribution in [2.75, 3.05) is 30.5 Å². The first-order chi connectivity index (χ1) is 13.9. The van der Waals surface area contributed by atoms with Gasteiger partial charge < -0.3 is 19.7 Å². The van der Waals surface area contributed by atoms with E-state index in [0.29, 0.717) is 17.1 Å². The molecule has 2 aromatic rings. The van der Waals surface area contributed by atoms with Crippen LogP contribution >= 0.6 is 0 Å². The van der Waals surface area contributed by atoms with Crippen LogP contribution in [-0.2, 0) is 19.1 Å². The molecule has 0 unspecified atom stereocenters. The molecule has 1 fully saturated rings. The number of nitrogens with one attached hydrogen (secondary N) is 1. The summed E-state index contributed by atoms with van der Waals surface area (Å²) >= 11 is 0. The van der Waals surface area contributed by atoms with E-state index in [2.05, 4.69) is 5.32 Å². The standard InChI is InChI=1S/C21H21FN2O5/c1-13-3-8-18(28-2)17(9-13)24-11-14(10-20(24)26)21(27)29-12-19(25)23-16-6-4-15(22)5-7-16/h3-9,14H,10-12H2,1-2H3,(H,23,25)/t14-/m0/s1. The molecule has 0 radical (unpaired) electrons. The molecule has 2 aromatic carbocycles. The molecule has 29 heavy (non-hydrogen) atoms. The zero-order valence-corrected chi connectivity index (χ0v) is 16.1. The molecule has 1 aliphatic rings. The minimum absolute atomic E-state index is 0.00445. The van der Waals surface area contributed by atoms with Gasteiger partial charge in [-0.2, -0.15) is 0 Å². The quantitative estimate of drug-likeness (QED) is 0.754. The summed E-state index contributed by atoms with van der Waals surface area (Å²) in [7, 11) is 1.51. The third-order valence-electron chi connectivity index (χ3n) is 4.56. The minimum Gasteiger partial charge on any atom is -0.495 e. The van der Waals surface area contributed by atoms with Gasteiger partial charge >= 0.3 is 5.97 Å².